The van der Waals surface area contributed by atoms with Crippen molar-refractivity contribution >= 4 is 22.6 Å². The maximum absolute atomic E-state index is 11.5. The van der Waals surface area contributed by atoms with Crippen molar-refractivity contribution in [1.29, 1.82) is 0 Å². The third-order valence-electron chi connectivity index (χ3n) is 4.94. The smallest absolute Gasteiger partial charge is 0.339 e. The molecular formula is C17H18N2O3. The maximum atomic E-state index is 11.5. The van der Waals surface area contributed by atoms with Gasteiger partial charge in [0.25, 0.3) is 0 Å². The Balaban J connectivity index is 2.00. The summed E-state index contributed by atoms with van der Waals surface area (Å²) >= 11 is 0. The van der Waals surface area contributed by atoms with Crippen LogP contribution in [-0.2, 0) is 0 Å². The number of carboxylic acid groups (broad SMARTS) is 1. The summed E-state index contributed by atoms with van der Waals surface area (Å²) in [5, 5.41) is 10.1. The number of ether oxygens (including phenoxy) is 1. The number of benzene rings is 1. The van der Waals surface area contributed by atoms with E-state index in [1.165, 1.54) is 12.8 Å². The van der Waals surface area contributed by atoms with Gasteiger partial charge in [0.1, 0.15) is 17.4 Å². The van der Waals surface area contributed by atoms with Crippen LogP contribution in [0.4, 0.5) is 5.69 Å². The van der Waals surface area contributed by atoms with Crippen LogP contribution in [0.2, 0.25) is 0 Å². The van der Waals surface area contributed by atoms with Gasteiger partial charge in [-0.15, -0.1) is 0 Å². The molecule has 0 radical (unpaired) electrons. The average Bonchev–Trinajstić information content (AvgIpc) is 2.84. The lowest BCUT2D eigenvalue weighted by atomic mass is 9.83. The van der Waals surface area contributed by atoms with Crippen LogP contribution in [0, 0.1) is 6.92 Å². The number of aryl methyl sites for hydroxylation is 1. The molecule has 5 heteroatoms. The molecule has 5 nitrogen and oxygen atoms in total. The van der Waals surface area contributed by atoms with E-state index in [2.05, 4.69) is 11.1 Å². The van der Waals surface area contributed by atoms with Crippen LogP contribution >= 0.6 is 0 Å². The van der Waals surface area contributed by atoms with E-state index in [0.717, 1.165) is 24.2 Å². The van der Waals surface area contributed by atoms with Gasteiger partial charge in [-0.3, -0.25) is 4.98 Å². The zero-order chi connectivity index (χ0) is 15.4. The standard InChI is InChI=1S/C17H18N2O3/c1-8-13(17(20)21)15(18)14-11(19-8)7-6-10-9-4-2-3-5-12(9)22-16(10)14/h6-7,9,12H,2-5H2,1H3,(H2,18,19)(H,20,21). The Morgan fingerprint density at radius 3 is 2.91 bits per heavy atom. The first-order chi connectivity index (χ1) is 10.6. The highest BCUT2D eigenvalue weighted by atomic mass is 16.5. The number of nitrogens with two attached hydrogens (primary N) is 1. The first-order valence-electron chi connectivity index (χ1n) is 7.70. The van der Waals surface area contributed by atoms with Gasteiger partial charge in [-0.05, 0) is 32.3 Å². The van der Waals surface area contributed by atoms with Gasteiger partial charge in [-0.25, -0.2) is 4.79 Å². The number of nitrogen functional groups attached to an aromatic ring is 1. The minimum absolute atomic E-state index is 0.0828. The van der Waals surface area contributed by atoms with Gasteiger partial charge in [0.2, 0.25) is 0 Å². The summed E-state index contributed by atoms with van der Waals surface area (Å²) in [7, 11) is 0. The topological polar surface area (TPSA) is 85.4 Å². The summed E-state index contributed by atoms with van der Waals surface area (Å²) in [5.74, 6) is 0.112. The fourth-order valence-electron chi connectivity index (χ4n) is 3.93. The summed E-state index contributed by atoms with van der Waals surface area (Å²) in [6.07, 6.45) is 4.76. The molecule has 1 fully saturated rings. The molecular weight excluding hydrogens is 280 g/mol. The third kappa shape index (κ3) is 1.71. The van der Waals surface area contributed by atoms with E-state index >= 15 is 0 Å². The minimum Gasteiger partial charge on any atom is -0.489 e. The lowest BCUT2D eigenvalue weighted by Gasteiger charge is -2.23. The summed E-state index contributed by atoms with van der Waals surface area (Å²) in [5.41, 5.74) is 8.84. The Labute approximate surface area is 128 Å². The fraction of sp³-hybridized carbons (Fsp3) is 0.412. The number of aromatic carboxylic acids is 1. The van der Waals surface area contributed by atoms with Gasteiger partial charge in [-0.1, -0.05) is 12.5 Å². The van der Waals surface area contributed by atoms with Crippen molar-refractivity contribution in [3.63, 3.8) is 0 Å². The van der Waals surface area contributed by atoms with Gasteiger partial charge in [0, 0.05) is 11.5 Å². The molecule has 4 rings (SSSR count). The van der Waals surface area contributed by atoms with E-state index in [1.807, 2.05) is 6.07 Å². The molecule has 0 saturated heterocycles. The Morgan fingerprint density at radius 2 is 2.14 bits per heavy atom. The number of pyridine rings is 1. The Kier molecular flexibility index (Phi) is 2.79. The summed E-state index contributed by atoms with van der Waals surface area (Å²) < 4.78 is 6.17. The monoisotopic (exact) mass is 298 g/mol. The second kappa shape index (κ2) is 4.60. The van der Waals surface area contributed by atoms with E-state index in [4.69, 9.17) is 10.5 Å². The largest absolute Gasteiger partial charge is 0.489 e. The van der Waals surface area contributed by atoms with Crippen LogP contribution < -0.4 is 10.5 Å². The highest BCUT2D eigenvalue weighted by Gasteiger charge is 2.38. The Bertz CT molecular complexity index is 800. The highest BCUT2D eigenvalue weighted by molar-refractivity contribution is 6.07. The van der Waals surface area contributed by atoms with Crippen molar-refractivity contribution in [3.8, 4) is 5.75 Å². The molecule has 3 N–H and O–H groups in total. The zero-order valence-corrected chi connectivity index (χ0v) is 12.4. The number of anilines is 1. The van der Waals surface area contributed by atoms with Crippen LogP contribution in [0.3, 0.4) is 0 Å². The second-order valence-corrected chi connectivity index (χ2v) is 6.22. The lowest BCUT2D eigenvalue weighted by Crippen LogP contribution is -2.22. The molecule has 114 valence electrons. The van der Waals surface area contributed by atoms with E-state index < -0.39 is 5.97 Å². The fourth-order valence-corrected chi connectivity index (χ4v) is 3.93. The highest BCUT2D eigenvalue weighted by Crippen LogP contribution is 2.49. The molecule has 0 spiro atoms. The summed E-state index contributed by atoms with van der Waals surface area (Å²) in [6, 6.07) is 4.00. The molecule has 2 atom stereocenters. The van der Waals surface area contributed by atoms with Gasteiger partial charge in [0.15, 0.2) is 0 Å². The molecule has 22 heavy (non-hydrogen) atoms. The summed E-state index contributed by atoms with van der Waals surface area (Å²) in [6.45, 7) is 1.67. The zero-order valence-electron chi connectivity index (χ0n) is 12.4. The number of fused-ring (bicyclic) bond motifs is 5. The molecule has 2 aliphatic rings. The number of carbonyl (C=O) groups is 1. The first-order valence-corrected chi connectivity index (χ1v) is 7.70. The average molecular weight is 298 g/mol. The van der Waals surface area contributed by atoms with Crippen LogP contribution in [0.5, 0.6) is 5.75 Å². The SMILES string of the molecule is Cc1nc2ccc3c(c2c(N)c1C(=O)O)OC1CCCCC31. The van der Waals surface area contributed by atoms with Crippen molar-refractivity contribution in [1.82, 2.24) is 4.98 Å². The van der Waals surface area contributed by atoms with Gasteiger partial charge < -0.3 is 15.6 Å². The molecule has 0 amide bonds. The third-order valence-corrected chi connectivity index (χ3v) is 4.94. The second-order valence-electron chi connectivity index (χ2n) is 6.22. The predicted octanol–water partition coefficient (Wildman–Crippen LogP) is 3.24. The molecule has 2 heterocycles. The van der Waals surface area contributed by atoms with Crippen molar-refractivity contribution in [2.45, 2.75) is 44.6 Å². The number of hydrogen-bond acceptors (Lipinski definition) is 4. The van der Waals surface area contributed by atoms with Crippen LogP contribution in [-0.4, -0.2) is 22.2 Å². The Hall–Kier alpha value is -2.30. The van der Waals surface area contributed by atoms with E-state index in [0.29, 0.717) is 22.5 Å². The molecule has 2 unspecified atom stereocenters. The summed E-state index contributed by atoms with van der Waals surface area (Å²) in [4.78, 5) is 15.9. The van der Waals surface area contributed by atoms with Crippen LogP contribution in [0.25, 0.3) is 10.9 Å². The molecule has 1 aromatic heterocycles. The van der Waals surface area contributed by atoms with Gasteiger partial charge in [0.05, 0.1) is 22.3 Å². The van der Waals surface area contributed by atoms with Crippen molar-refractivity contribution in [2.75, 3.05) is 5.73 Å². The molecule has 1 aromatic carbocycles. The number of rotatable bonds is 1. The number of carboxylic acids is 1. The van der Waals surface area contributed by atoms with Gasteiger partial charge >= 0.3 is 5.97 Å². The van der Waals surface area contributed by atoms with Crippen LogP contribution in [0.15, 0.2) is 12.1 Å². The number of aromatic nitrogens is 1. The lowest BCUT2D eigenvalue weighted by molar-refractivity contribution is 0.0697. The minimum atomic E-state index is -1.04. The molecule has 1 aliphatic carbocycles. The van der Waals surface area contributed by atoms with Gasteiger partial charge in [-0.2, -0.15) is 0 Å². The van der Waals surface area contributed by atoms with Crippen molar-refractivity contribution in [2.24, 2.45) is 0 Å². The number of nitrogens with zero attached hydrogens (tertiary/aromatic N) is 1. The van der Waals surface area contributed by atoms with E-state index in [1.54, 1.807) is 6.92 Å². The van der Waals surface area contributed by atoms with E-state index in [9.17, 15) is 9.90 Å². The first kappa shape index (κ1) is 13.4. The van der Waals surface area contributed by atoms with Crippen LogP contribution in [0.1, 0.15) is 53.2 Å². The molecule has 2 aromatic rings. The maximum Gasteiger partial charge on any atom is 0.339 e. The molecule has 1 aliphatic heterocycles. The molecule has 0 bridgehead atoms. The molecule has 1 saturated carbocycles. The quantitative estimate of drug-likeness (QED) is 0.844. The predicted molar refractivity (Wildman–Crippen MR) is 83.5 cm³/mol. The normalized spacial score (nSPS) is 23.0. The number of hydrogen-bond donors (Lipinski definition) is 2. The van der Waals surface area contributed by atoms with E-state index in [-0.39, 0.29) is 17.4 Å². The van der Waals surface area contributed by atoms with Crippen molar-refractivity contribution in [3.05, 3.63) is 29.0 Å². The van der Waals surface area contributed by atoms with Crippen molar-refractivity contribution < 1.29 is 14.6 Å². The Morgan fingerprint density at radius 1 is 1.36 bits per heavy atom.